The molecule has 0 aromatic rings. The first-order valence-corrected chi connectivity index (χ1v) is 5.39. The lowest BCUT2D eigenvalue weighted by Crippen LogP contribution is -2.43. The van der Waals surface area contributed by atoms with Crippen molar-refractivity contribution in [2.45, 2.75) is 19.4 Å². The molecule has 0 spiro atoms. The van der Waals surface area contributed by atoms with Crippen molar-refractivity contribution < 1.29 is 19.1 Å². The molecule has 1 aliphatic rings. The molecule has 17 heavy (non-hydrogen) atoms. The van der Waals surface area contributed by atoms with Gasteiger partial charge in [-0.3, -0.25) is 4.79 Å². The van der Waals surface area contributed by atoms with Gasteiger partial charge in [0.25, 0.3) is 0 Å². The number of hydrogen-bond donors (Lipinski definition) is 1. The zero-order valence-electron chi connectivity index (χ0n) is 10.0. The SMILES string of the molecule is CCOC(=O)CC1C(N)=NC(=O)N1CCOC. The van der Waals surface area contributed by atoms with E-state index in [1.165, 1.54) is 12.0 Å². The van der Waals surface area contributed by atoms with Crippen molar-refractivity contribution in [3.05, 3.63) is 0 Å². The predicted molar refractivity (Wildman–Crippen MR) is 60.6 cm³/mol. The maximum absolute atomic E-state index is 11.5. The van der Waals surface area contributed by atoms with Crippen LogP contribution in [0.5, 0.6) is 0 Å². The second kappa shape index (κ2) is 6.19. The lowest BCUT2D eigenvalue weighted by Gasteiger charge is -2.22. The maximum Gasteiger partial charge on any atom is 0.345 e. The molecule has 2 amide bonds. The van der Waals surface area contributed by atoms with Gasteiger partial charge in [-0.2, -0.15) is 4.99 Å². The van der Waals surface area contributed by atoms with Gasteiger partial charge in [-0.1, -0.05) is 0 Å². The zero-order valence-corrected chi connectivity index (χ0v) is 10.0. The van der Waals surface area contributed by atoms with Gasteiger partial charge in [0.15, 0.2) is 0 Å². The minimum Gasteiger partial charge on any atom is -0.466 e. The van der Waals surface area contributed by atoms with Crippen molar-refractivity contribution in [1.29, 1.82) is 0 Å². The monoisotopic (exact) mass is 243 g/mol. The molecule has 7 heteroatoms. The molecule has 0 bridgehead atoms. The van der Waals surface area contributed by atoms with Gasteiger partial charge in [0, 0.05) is 13.7 Å². The molecule has 96 valence electrons. The highest BCUT2D eigenvalue weighted by Gasteiger charge is 2.34. The number of carbonyl (C=O) groups is 2. The summed E-state index contributed by atoms with van der Waals surface area (Å²) in [5.74, 6) is -0.244. The summed E-state index contributed by atoms with van der Waals surface area (Å²) >= 11 is 0. The summed E-state index contributed by atoms with van der Waals surface area (Å²) in [6, 6.07) is -0.953. The number of rotatable bonds is 6. The van der Waals surface area contributed by atoms with Gasteiger partial charge < -0.3 is 20.1 Å². The molecule has 2 N–H and O–H groups in total. The predicted octanol–water partition coefficient (Wildman–Crippen LogP) is -0.253. The molecule has 0 fully saturated rings. The number of ether oxygens (including phenoxy) is 2. The van der Waals surface area contributed by atoms with E-state index in [2.05, 4.69) is 4.99 Å². The Morgan fingerprint density at radius 2 is 2.29 bits per heavy atom. The number of aliphatic imine (C=N–C) groups is 1. The third-order valence-corrected chi connectivity index (χ3v) is 2.39. The molecule has 1 aliphatic heterocycles. The Morgan fingerprint density at radius 1 is 1.59 bits per heavy atom. The topological polar surface area (TPSA) is 94.2 Å². The van der Waals surface area contributed by atoms with Crippen LogP contribution >= 0.6 is 0 Å². The van der Waals surface area contributed by atoms with E-state index in [4.69, 9.17) is 15.2 Å². The van der Waals surface area contributed by atoms with Gasteiger partial charge in [-0.05, 0) is 6.92 Å². The van der Waals surface area contributed by atoms with Crippen LogP contribution in [0.3, 0.4) is 0 Å². The highest BCUT2D eigenvalue weighted by atomic mass is 16.5. The van der Waals surface area contributed by atoms with Crippen LogP contribution in [-0.4, -0.2) is 55.6 Å². The Bertz CT molecular complexity index is 330. The van der Waals surface area contributed by atoms with E-state index in [1.807, 2.05) is 0 Å². The second-order valence-corrected chi connectivity index (χ2v) is 3.53. The van der Waals surface area contributed by atoms with Crippen LogP contribution < -0.4 is 5.73 Å². The van der Waals surface area contributed by atoms with Gasteiger partial charge >= 0.3 is 12.0 Å². The van der Waals surface area contributed by atoms with E-state index >= 15 is 0 Å². The normalized spacial score (nSPS) is 19.4. The molecular weight excluding hydrogens is 226 g/mol. The van der Waals surface area contributed by atoms with E-state index in [1.54, 1.807) is 6.92 Å². The van der Waals surface area contributed by atoms with Crippen molar-refractivity contribution in [1.82, 2.24) is 4.90 Å². The molecule has 0 aromatic carbocycles. The number of carbonyl (C=O) groups excluding carboxylic acids is 2. The Morgan fingerprint density at radius 3 is 2.88 bits per heavy atom. The number of nitrogens with zero attached hydrogens (tertiary/aromatic N) is 2. The Balaban J connectivity index is 2.62. The van der Waals surface area contributed by atoms with Crippen LogP contribution in [0.2, 0.25) is 0 Å². The molecule has 0 aromatic heterocycles. The molecule has 1 heterocycles. The molecule has 7 nitrogen and oxygen atoms in total. The van der Waals surface area contributed by atoms with Crippen LogP contribution in [0.15, 0.2) is 4.99 Å². The first-order chi connectivity index (χ1) is 8.10. The van der Waals surface area contributed by atoms with Crippen molar-refractivity contribution in [2.24, 2.45) is 10.7 Å². The number of nitrogens with two attached hydrogens (primary N) is 1. The number of esters is 1. The van der Waals surface area contributed by atoms with Crippen molar-refractivity contribution >= 4 is 17.8 Å². The van der Waals surface area contributed by atoms with Gasteiger partial charge in [0.05, 0.1) is 19.6 Å². The minimum absolute atomic E-state index is 0.0264. The molecule has 0 radical (unpaired) electrons. The van der Waals surface area contributed by atoms with E-state index < -0.39 is 18.0 Å². The lowest BCUT2D eigenvalue weighted by atomic mass is 10.2. The highest BCUT2D eigenvalue weighted by molar-refractivity contribution is 6.04. The van der Waals surface area contributed by atoms with Crippen LogP contribution in [0.4, 0.5) is 4.79 Å². The van der Waals surface area contributed by atoms with E-state index in [-0.39, 0.29) is 12.3 Å². The number of amidine groups is 1. The molecule has 1 rings (SSSR count). The van der Waals surface area contributed by atoms with E-state index in [0.717, 1.165) is 0 Å². The summed E-state index contributed by atoms with van der Waals surface area (Å²) in [5, 5.41) is 0. The number of amides is 2. The van der Waals surface area contributed by atoms with E-state index in [0.29, 0.717) is 19.8 Å². The summed E-state index contributed by atoms with van der Waals surface area (Å²) in [6.45, 7) is 2.74. The number of hydrogen-bond acceptors (Lipinski definition) is 5. The van der Waals surface area contributed by atoms with Crippen LogP contribution in [0.25, 0.3) is 0 Å². The van der Waals surface area contributed by atoms with Gasteiger partial charge in [0.1, 0.15) is 11.9 Å². The fourth-order valence-corrected chi connectivity index (χ4v) is 1.58. The summed E-state index contributed by atoms with van der Waals surface area (Å²) in [7, 11) is 1.53. The van der Waals surface area contributed by atoms with Gasteiger partial charge in [-0.25, -0.2) is 4.79 Å². The zero-order chi connectivity index (χ0) is 12.8. The van der Waals surface area contributed by atoms with Gasteiger partial charge in [0.2, 0.25) is 0 Å². The summed E-state index contributed by atoms with van der Waals surface area (Å²) in [5.41, 5.74) is 5.61. The molecule has 0 saturated carbocycles. The van der Waals surface area contributed by atoms with Crippen LogP contribution in [0, 0.1) is 0 Å². The number of methoxy groups -OCH3 is 1. The van der Waals surface area contributed by atoms with Crippen LogP contribution in [0.1, 0.15) is 13.3 Å². The van der Waals surface area contributed by atoms with Gasteiger partial charge in [-0.15, -0.1) is 0 Å². The minimum atomic E-state index is -0.517. The van der Waals surface area contributed by atoms with Crippen molar-refractivity contribution in [3.8, 4) is 0 Å². The largest absolute Gasteiger partial charge is 0.466 e. The van der Waals surface area contributed by atoms with Crippen LogP contribution in [-0.2, 0) is 14.3 Å². The van der Waals surface area contributed by atoms with Crippen molar-refractivity contribution in [3.63, 3.8) is 0 Å². The lowest BCUT2D eigenvalue weighted by molar-refractivity contribution is -0.143. The fraction of sp³-hybridized carbons (Fsp3) is 0.700. The quantitative estimate of drug-likeness (QED) is 0.649. The standard InChI is InChI=1S/C10H17N3O4/c1-3-17-8(14)6-7-9(11)12-10(15)13(7)4-5-16-2/h7H,3-6H2,1-2H3,(H2,11,12,15). The first-order valence-electron chi connectivity index (χ1n) is 5.39. The first kappa shape index (κ1) is 13.4. The van der Waals surface area contributed by atoms with E-state index in [9.17, 15) is 9.59 Å². The Hall–Kier alpha value is -1.63. The summed E-state index contributed by atoms with van der Waals surface area (Å²) < 4.78 is 9.71. The summed E-state index contributed by atoms with van der Waals surface area (Å²) in [4.78, 5) is 27.9. The molecular formula is C10H17N3O4. The average Bonchev–Trinajstić information content (AvgIpc) is 2.52. The Labute approximate surface area is 99.6 Å². The third-order valence-electron chi connectivity index (χ3n) is 2.39. The fourth-order valence-electron chi connectivity index (χ4n) is 1.58. The third kappa shape index (κ3) is 3.42. The maximum atomic E-state index is 11.5. The summed E-state index contributed by atoms with van der Waals surface area (Å²) in [6.07, 6.45) is 0.0264. The number of urea groups is 1. The smallest absolute Gasteiger partial charge is 0.345 e. The highest BCUT2D eigenvalue weighted by Crippen LogP contribution is 2.14. The molecule has 1 atom stereocenters. The Kier molecular flexibility index (Phi) is 4.89. The molecule has 1 unspecified atom stereocenters. The van der Waals surface area contributed by atoms with Crippen molar-refractivity contribution in [2.75, 3.05) is 26.9 Å². The molecule has 0 saturated heterocycles. The second-order valence-electron chi connectivity index (χ2n) is 3.53. The molecule has 0 aliphatic carbocycles. The average molecular weight is 243 g/mol.